The molecule has 0 spiro atoms. The minimum Gasteiger partial charge on any atom is -0.455 e. The highest BCUT2D eigenvalue weighted by molar-refractivity contribution is 6.21. The van der Waals surface area contributed by atoms with Crippen molar-refractivity contribution in [3.05, 3.63) is 182 Å². The highest BCUT2D eigenvalue weighted by atomic mass is 16.3. The second-order valence-electron chi connectivity index (χ2n) is 13.4. The zero-order chi connectivity index (χ0) is 34.9. The van der Waals surface area contributed by atoms with Crippen LogP contribution in [-0.2, 0) is 0 Å². The van der Waals surface area contributed by atoms with Crippen LogP contribution in [0, 0.1) is 0 Å². The molecule has 0 saturated heterocycles. The molecule has 0 bridgehead atoms. The summed E-state index contributed by atoms with van der Waals surface area (Å²) in [5.74, 6) is 0.603. The minimum atomic E-state index is 0.603. The second kappa shape index (κ2) is 11.7. The molecule has 0 unspecified atom stereocenters. The predicted octanol–water partition coefficient (Wildman–Crippen LogP) is 12.9. The second-order valence-corrected chi connectivity index (χ2v) is 13.4. The Morgan fingerprint density at radius 3 is 1.85 bits per heavy atom. The van der Waals surface area contributed by atoms with Crippen LogP contribution < -0.4 is 4.90 Å². The van der Waals surface area contributed by atoms with Crippen LogP contribution in [-0.4, -0.2) is 14.5 Å². The fourth-order valence-corrected chi connectivity index (χ4v) is 7.94. The van der Waals surface area contributed by atoms with Crippen molar-refractivity contribution in [3.63, 3.8) is 0 Å². The molecular weight excluding hydrogens is 649 g/mol. The first-order valence-corrected chi connectivity index (χ1v) is 17.8. The Balaban J connectivity index is 1.25. The topological polar surface area (TPSA) is 47.1 Å². The van der Waals surface area contributed by atoms with Crippen LogP contribution in [0.3, 0.4) is 0 Å². The Hall–Kier alpha value is -7.24. The largest absolute Gasteiger partial charge is 0.455 e. The van der Waals surface area contributed by atoms with E-state index >= 15 is 0 Å². The normalized spacial score (nSPS) is 11.8. The molecule has 3 heterocycles. The summed E-state index contributed by atoms with van der Waals surface area (Å²) in [5.41, 5.74) is 9.71. The monoisotopic (exact) mass is 678 g/mol. The summed E-state index contributed by atoms with van der Waals surface area (Å²) in [5, 5.41) is 7.68. The molecule has 248 valence electrons. The molecule has 0 saturated carbocycles. The van der Waals surface area contributed by atoms with Gasteiger partial charge in [0, 0.05) is 61.0 Å². The van der Waals surface area contributed by atoms with E-state index < -0.39 is 0 Å². The van der Waals surface area contributed by atoms with Gasteiger partial charge in [-0.25, -0.2) is 9.97 Å². The summed E-state index contributed by atoms with van der Waals surface area (Å²) < 4.78 is 8.95. The first kappa shape index (κ1) is 29.5. The lowest BCUT2D eigenvalue weighted by atomic mass is 10.0. The van der Waals surface area contributed by atoms with Crippen molar-refractivity contribution >= 4 is 82.5 Å². The maximum absolute atomic E-state index is 6.74. The van der Waals surface area contributed by atoms with E-state index in [1.54, 1.807) is 0 Å². The van der Waals surface area contributed by atoms with E-state index in [9.17, 15) is 0 Å². The molecule has 8 aromatic carbocycles. The fourth-order valence-electron chi connectivity index (χ4n) is 7.94. The maximum Gasteiger partial charge on any atom is 0.235 e. The molecule has 5 heteroatoms. The zero-order valence-corrected chi connectivity index (χ0v) is 28.5. The van der Waals surface area contributed by atoms with Crippen molar-refractivity contribution < 1.29 is 4.42 Å². The van der Waals surface area contributed by atoms with Crippen LogP contribution in [0.2, 0.25) is 0 Å². The van der Waals surface area contributed by atoms with Gasteiger partial charge < -0.3 is 9.32 Å². The number of anilines is 3. The lowest BCUT2D eigenvalue weighted by molar-refractivity contribution is 0.673. The molecule has 11 aromatic rings. The summed E-state index contributed by atoms with van der Waals surface area (Å²) in [7, 11) is 0. The van der Waals surface area contributed by atoms with Gasteiger partial charge in [-0.3, -0.25) is 4.57 Å². The average molecular weight is 679 g/mol. The van der Waals surface area contributed by atoms with Crippen LogP contribution in [0.25, 0.3) is 82.6 Å². The van der Waals surface area contributed by atoms with Gasteiger partial charge in [0.15, 0.2) is 0 Å². The SMILES string of the molecule is c1ccc(-c2nc(-n3c4cc(N(c5ccccc5)c5ccccc5)ccc4c4cc5c(cc43)oc3c4ccccc4ccc53)nc3ccccc23)cc1. The van der Waals surface area contributed by atoms with Gasteiger partial charge in [-0.2, -0.15) is 0 Å². The molecule has 0 fully saturated rings. The van der Waals surface area contributed by atoms with Crippen LogP contribution >= 0.6 is 0 Å². The summed E-state index contributed by atoms with van der Waals surface area (Å²) >= 11 is 0. The summed E-state index contributed by atoms with van der Waals surface area (Å²) in [6.07, 6.45) is 0. The quantitative estimate of drug-likeness (QED) is 0.182. The van der Waals surface area contributed by atoms with E-state index in [1.165, 1.54) is 0 Å². The van der Waals surface area contributed by atoms with Gasteiger partial charge in [0.2, 0.25) is 5.95 Å². The van der Waals surface area contributed by atoms with Crippen LogP contribution in [0.4, 0.5) is 17.1 Å². The van der Waals surface area contributed by atoms with Crippen molar-refractivity contribution in [2.75, 3.05) is 4.90 Å². The van der Waals surface area contributed by atoms with Crippen molar-refractivity contribution in [1.29, 1.82) is 0 Å². The lowest BCUT2D eigenvalue weighted by Gasteiger charge is -2.25. The number of hydrogen-bond donors (Lipinski definition) is 0. The van der Waals surface area contributed by atoms with Crippen LogP contribution in [0.15, 0.2) is 186 Å². The van der Waals surface area contributed by atoms with E-state index in [4.69, 9.17) is 14.4 Å². The molecule has 0 aliphatic rings. The van der Waals surface area contributed by atoms with Gasteiger partial charge in [0.25, 0.3) is 0 Å². The molecule has 0 N–H and O–H groups in total. The minimum absolute atomic E-state index is 0.603. The van der Waals surface area contributed by atoms with Crippen LogP contribution in [0.1, 0.15) is 0 Å². The van der Waals surface area contributed by atoms with Gasteiger partial charge in [-0.05, 0) is 60.0 Å². The molecule has 0 aliphatic carbocycles. The highest BCUT2D eigenvalue weighted by Crippen LogP contribution is 2.43. The van der Waals surface area contributed by atoms with E-state index in [-0.39, 0.29) is 0 Å². The van der Waals surface area contributed by atoms with Gasteiger partial charge in [-0.1, -0.05) is 121 Å². The van der Waals surface area contributed by atoms with Crippen molar-refractivity contribution in [2.45, 2.75) is 0 Å². The smallest absolute Gasteiger partial charge is 0.235 e. The Kier molecular flexibility index (Phi) is 6.48. The third-order valence-electron chi connectivity index (χ3n) is 10.4. The Labute approximate surface area is 304 Å². The number of rotatable bonds is 5. The molecule has 5 nitrogen and oxygen atoms in total. The first-order chi connectivity index (χ1) is 26.3. The summed E-state index contributed by atoms with van der Waals surface area (Å²) in [6, 6.07) is 63.6. The number of para-hydroxylation sites is 3. The molecule has 53 heavy (non-hydrogen) atoms. The number of fused-ring (bicyclic) bond motifs is 9. The summed E-state index contributed by atoms with van der Waals surface area (Å²) in [4.78, 5) is 12.9. The number of furan rings is 1. The molecule has 11 rings (SSSR count). The Bertz CT molecular complexity index is 3130. The van der Waals surface area contributed by atoms with Gasteiger partial charge in [0.1, 0.15) is 11.2 Å². The van der Waals surface area contributed by atoms with E-state index in [0.717, 1.165) is 93.7 Å². The van der Waals surface area contributed by atoms with Gasteiger partial charge >= 0.3 is 0 Å². The van der Waals surface area contributed by atoms with E-state index in [0.29, 0.717) is 5.95 Å². The molecule has 3 aromatic heterocycles. The Morgan fingerprint density at radius 1 is 0.434 bits per heavy atom. The lowest BCUT2D eigenvalue weighted by Crippen LogP contribution is -2.10. The van der Waals surface area contributed by atoms with Crippen molar-refractivity contribution in [3.8, 4) is 17.2 Å². The number of hydrogen-bond acceptors (Lipinski definition) is 4. The van der Waals surface area contributed by atoms with E-state index in [1.807, 2.05) is 18.2 Å². The van der Waals surface area contributed by atoms with Gasteiger partial charge in [-0.15, -0.1) is 0 Å². The fraction of sp³-hybridized carbons (Fsp3) is 0. The average Bonchev–Trinajstić information content (AvgIpc) is 3.75. The third-order valence-corrected chi connectivity index (χ3v) is 10.4. The zero-order valence-electron chi connectivity index (χ0n) is 28.5. The highest BCUT2D eigenvalue weighted by Gasteiger charge is 2.22. The van der Waals surface area contributed by atoms with Crippen LogP contribution in [0.5, 0.6) is 0 Å². The molecular formula is C48H30N4O. The number of benzene rings is 8. The first-order valence-electron chi connectivity index (χ1n) is 17.8. The molecule has 0 radical (unpaired) electrons. The predicted molar refractivity (Wildman–Crippen MR) is 219 cm³/mol. The molecule has 0 aliphatic heterocycles. The van der Waals surface area contributed by atoms with E-state index in [2.05, 4.69) is 173 Å². The Morgan fingerprint density at radius 2 is 1.08 bits per heavy atom. The standard InChI is InChI=1S/C48H30N4O/c1-4-15-32(16-5-1)46-39-22-12-13-23-42(39)49-48(50-46)52-43-28-35(51(33-17-6-2-7-18-33)34-19-8-3-9-20-34)25-27-37(43)40-29-41-38-26-24-31-14-10-11-21-36(31)47(38)53-45(41)30-44(40)52/h1-30H. The molecule has 0 amide bonds. The maximum atomic E-state index is 6.74. The van der Waals surface area contributed by atoms with Crippen molar-refractivity contribution in [1.82, 2.24) is 14.5 Å². The third kappa shape index (κ3) is 4.64. The number of nitrogens with zero attached hydrogens (tertiary/aromatic N) is 4. The summed E-state index contributed by atoms with van der Waals surface area (Å²) in [6.45, 7) is 0. The van der Waals surface area contributed by atoms with Gasteiger partial charge in [0.05, 0.1) is 22.2 Å². The number of aromatic nitrogens is 3. The molecule has 0 atom stereocenters. The van der Waals surface area contributed by atoms with Crippen molar-refractivity contribution in [2.24, 2.45) is 0 Å².